The number of hydrogen-bond donors (Lipinski definition) is 0. The predicted octanol–water partition coefficient (Wildman–Crippen LogP) is 0.651. The number of ether oxygens (including phenoxy) is 1. The molecule has 0 saturated carbocycles. The van der Waals surface area contributed by atoms with Gasteiger partial charge in [0.05, 0.1) is 6.61 Å². The van der Waals surface area contributed by atoms with Crippen molar-refractivity contribution in [1.82, 2.24) is 0 Å². The molecule has 7 heteroatoms. The summed E-state index contributed by atoms with van der Waals surface area (Å²) in [7, 11) is -4.48. The molecule has 5 nitrogen and oxygen atoms in total. The summed E-state index contributed by atoms with van der Waals surface area (Å²) in [6, 6.07) is 0. The molecule has 0 unspecified atom stereocenters. The molecule has 0 bridgehead atoms. The minimum Gasteiger partial charge on any atom is -0.726 e. The van der Waals surface area contributed by atoms with E-state index in [1.54, 1.807) is 0 Å². The SMILES string of the molecule is CCCCCCCCCCOS(=O)(=O)[O-].CCOCC.[Na+]. The molecule has 124 valence electrons. The molecule has 0 spiro atoms. The summed E-state index contributed by atoms with van der Waals surface area (Å²) in [5.41, 5.74) is 0. The van der Waals surface area contributed by atoms with Crippen LogP contribution in [0.25, 0.3) is 0 Å². The van der Waals surface area contributed by atoms with Gasteiger partial charge in [0, 0.05) is 13.2 Å². The van der Waals surface area contributed by atoms with Gasteiger partial charge in [-0.15, -0.1) is 0 Å². The second-order valence-electron chi connectivity index (χ2n) is 4.49. The molecule has 0 aliphatic rings. The van der Waals surface area contributed by atoms with E-state index in [0.29, 0.717) is 6.42 Å². The Bertz CT molecular complexity index is 269. The molecule has 0 fully saturated rings. The quantitative estimate of drug-likeness (QED) is 0.227. The van der Waals surface area contributed by atoms with Crippen molar-refractivity contribution in [2.45, 2.75) is 72.1 Å². The Kier molecular flexibility index (Phi) is 26.5. The van der Waals surface area contributed by atoms with Crippen molar-refractivity contribution in [2.75, 3.05) is 19.8 Å². The number of rotatable bonds is 12. The minimum absolute atomic E-state index is 0. The van der Waals surface area contributed by atoms with Crippen LogP contribution in [0.1, 0.15) is 72.1 Å². The van der Waals surface area contributed by atoms with Crippen LogP contribution in [0, 0.1) is 0 Å². The Morgan fingerprint density at radius 2 is 1.24 bits per heavy atom. The number of unbranched alkanes of at least 4 members (excludes halogenated alkanes) is 7. The Labute approximate surface area is 153 Å². The topological polar surface area (TPSA) is 75.7 Å². The van der Waals surface area contributed by atoms with Crippen LogP contribution in [0.3, 0.4) is 0 Å². The molecule has 0 radical (unpaired) electrons. The Morgan fingerprint density at radius 3 is 1.57 bits per heavy atom. The molecule has 0 saturated heterocycles. The Balaban J connectivity index is -0.000000465. The van der Waals surface area contributed by atoms with Gasteiger partial charge >= 0.3 is 29.6 Å². The zero-order valence-corrected chi connectivity index (χ0v) is 17.0. The molecule has 0 atom stereocenters. The molecule has 0 heterocycles. The molecule has 0 aromatic heterocycles. The third-order valence-electron chi connectivity index (χ3n) is 2.63. The van der Waals surface area contributed by atoms with Gasteiger partial charge < -0.3 is 9.29 Å². The third kappa shape index (κ3) is 33.6. The second-order valence-corrected chi connectivity index (χ2v) is 5.54. The fraction of sp³-hybridized carbons (Fsp3) is 1.00. The zero-order chi connectivity index (χ0) is 15.7. The fourth-order valence-electron chi connectivity index (χ4n) is 1.60. The minimum atomic E-state index is -4.48. The van der Waals surface area contributed by atoms with Gasteiger partial charge in [-0.05, 0) is 20.3 Å². The summed E-state index contributed by atoms with van der Waals surface area (Å²) in [5.74, 6) is 0. The van der Waals surface area contributed by atoms with Gasteiger partial charge in [0.1, 0.15) is 0 Å². The molecule has 0 N–H and O–H groups in total. The molecule has 21 heavy (non-hydrogen) atoms. The summed E-state index contributed by atoms with van der Waals surface area (Å²) in [6.07, 6.45) is 8.91. The first-order valence-corrected chi connectivity index (χ1v) is 8.99. The molecular formula is C14H31NaO5S. The average Bonchev–Trinajstić information content (AvgIpc) is 2.37. The van der Waals surface area contributed by atoms with E-state index in [0.717, 1.165) is 26.1 Å². The summed E-state index contributed by atoms with van der Waals surface area (Å²) in [4.78, 5) is 0. The standard InChI is InChI=1S/C10H22O4S.C4H10O.Na/c1-2-3-4-5-6-7-8-9-10-14-15(11,12)13;1-3-5-4-2;/h2-10H2,1H3,(H,11,12,13);3-4H2,1-2H3;/q;;+1/p-1. The first-order chi connectivity index (χ1) is 9.47. The molecular weight excluding hydrogens is 303 g/mol. The molecule has 0 rings (SSSR count). The zero-order valence-electron chi connectivity index (χ0n) is 14.2. The molecule has 0 aromatic carbocycles. The van der Waals surface area contributed by atoms with E-state index in [4.69, 9.17) is 4.74 Å². The first-order valence-electron chi connectivity index (χ1n) is 7.65. The van der Waals surface area contributed by atoms with Gasteiger partial charge in [-0.25, -0.2) is 8.42 Å². The van der Waals surface area contributed by atoms with Gasteiger partial charge in [0.25, 0.3) is 0 Å². The van der Waals surface area contributed by atoms with Gasteiger partial charge in [-0.3, -0.25) is 4.18 Å². The molecule has 0 aliphatic heterocycles. The monoisotopic (exact) mass is 334 g/mol. The van der Waals surface area contributed by atoms with Gasteiger partial charge in [-0.2, -0.15) is 0 Å². The maximum absolute atomic E-state index is 10.1. The van der Waals surface area contributed by atoms with E-state index in [2.05, 4.69) is 11.1 Å². The van der Waals surface area contributed by atoms with Crippen LogP contribution < -0.4 is 29.6 Å². The predicted molar refractivity (Wildman–Crippen MR) is 80.4 cm³/mol. The largest absolute Gasteiger partial charge is 1.00 e. The van der Waals surface area contributed by atoms with E-state index in [1.807, 2.05) is 13.8 Å². The average molecular weight is 334 g/mol. The normalized spacial score (nSPS) is 10.5. The van der Waals surface area contributed by atoms with Crippen molar-refractivity contribution in [3.63, 3.8) is 0 Å². The van der Waals surface area contributed by atoms with E-state index in [-0.39, 0.29) is 36.2 Å². The fourth-order valence-corrected chi connectivity index (χ4v) is 1.92. The van der Waals surface area contributed by atoms with E-state index in [1.165, 1.54) is 32.1 Å². The van der Waals surface area contributed by atoms with E-state index >= 15 is 0 Å². The van der Waals surface area contributed by atoms with Crippen molar-refractivity contribution in [1.29, 1.82) is 0 Å². The van der Waals surface area contributed by atoms with Crippen molar-refractivity contribution in [3.05, 3.63) is 0 Å². The van der Waals surface area contributed by atoms with Crippen molar-refractivity contribution < 1.29 is 51.4 Å². The smallest absolute Gasteiger partial charge is 0.726 e. The van der Waals surface area contributed by atoms with Crippen LogP contribution in [-0.2, 0) is 19.3 Å². The van der Waals surface area contributed by atoms with Gasteiger partial charge in [0.15, 0.2) is 0 Å². The summed E-state index contributed by atoms with van der Waals surface area (Å²) < 4.78 is 39.1. The summed E-state index contributed by atoms with van der Waals surface area (Å²) in [6.45, 7) is 7.88. The molecule has 0 aromatic rings. The summed E-state index contributed by atoms with van der Waals surface area (Å²) >= 11 is 0. The van der Waals surface area contributed by atoms with Crippen LogP contribution in [0.2, 0.25) is 0 Å². The third-order valence-corrected chi connectivity index (χ3v) is 3.09. The van der Waals surface area contributed by atoms with E-state index < -0.39 is 10.4 Å². The molecule has 0 aliphatic carbocycles. The molecule has 0 amide bonds. The van der Waals surface area contributed by atoms with Crippen LogP contribution in [-0.4, -0.2) is 32.8 Å². The summed E-state index contributed by atoms with van der Waals surface area (Å²) in [5, 5.41) is 0. The van der Waals surface area contributed by atoms with E-state index in [9.17, 15) is 13.0 Å². The maximum atomic E-state index is 10.1. The Morgan fingerprint density at radius 1 is 0.810 bits per heavy atom. The van der Waals surface area contributed by atoms with Gasteiger partial charge in [0.2, 0.25) is 10.4 Å². The first kappa shape index (κ1) is 26.7. The van der Waals surface area contributed by atoms with Crippen LogP contribution >= 0.6 is 0 Å². The van der Waals surface area contributed by atoms with Crippen LogP contribution in [0.15, 0.2) is 0 Å². The Hall–Kier alpha value is 0.830. The maximum Gasteiger partial charge on any atom is 1.00 e. The van der Waals surface area contributed by atoms with Crippen molar-refractivity contribution in [3.8, 4) is 0 Å². The van der Waals surface area contributed by atoms with Crippen LogP contribution in [0.4, 0.5) is 0 Å². The van der Waals surface area contributed by atoms with Crippen LogP contribution in [0.5, 0.6) is 0 Å². The van der Waals surface area contributed by atoms with Gasteiger partial charge in [-0.1, -0.05) is 51.9 Å². The number of hydrogen-bond acceptors (Lipinski definition) is 5. The second kappa shape index (κ2) is 20.8. The van der Waals surface area contributed by atoms with Crippen molar-refractivity contribution >= 4 is 10.4 Å². The van der Waals surface area contributed by atoms with Crippen molar-refractivity contribution in [2.24, 2.45) is 0 Å².